The number of hydrogen-bond acceptors (Lipinski definition) is 5. The van der Waals surface area contributed by atoms with Crippen molar-refractivity contribution in [2.45, 2.75) is 46.5 Å². The van der Waals surface area contributed by atoms with Gasteiger partial charge in [0.05, 0.1) is 17.8 Å². The molecule has 0 bridgehead atoms. The van der Waals surface area contributed by atoms with E-state index >= 15 is 0 Å². The summed E-state index contributed by atoms with van der Waals surface area (Å²) < 4.78 is 5.22. The van der Waals surface area contributed by atoms with Crippen molar-refractivity contribution in [2.24, 2.45) is 0 Å². The summed E-state index contributed by atoms with van der Waals surface area (Å²) in [5, 5.41) is 4.35. The van der Waals surface area contributed by atoms with E-state index < -0.39 is 0 Å². The van der Waals surface area contributed by atoms with Gasteiger partial charge in [0.1, 0.15) is 5.56 Å². The molecule has 0 saturated carbocycles. The number of anilines is 1. The van der Waals surface area contributed by atoms with Crippen molar-refractivity contribution in [1.29, 1.82) is 0 Å². The largest absolute Gasteiger partial charge is 0.462 e. The highest BCUT2D eigenvalue weighted by Gasteiger charge is 2.19. The summed E-state index contributed by atoms with van der Waals surface area (Å²) in [5.41, 5.74) is 4.29. The smallest absolute Gasteiger partial charge is 0.341 e. The van der Waals surface area contributed by atoms with Gasteiger partial charge < -0.3 is 15.0 Å². The van der Waals surface area contributed by atoms with Crippen molar-refractivity contribution in [3.05, 3.63) is 35.0 Å². The molecule has 2 aromatic rings. The molecule has 28 heavy (non-hydrogen) atoms. The molecule has 6 nitrogen and oxygen atoms in total. The number of carbonyl (C=O) groups is 2. The molecule has 1 amide bonds. The Bertz CT molecular complexity index is 879. The predicted molar refractivity (Wildman–Crippen MR) is 111 cm³/mol. The van der Waals surface area contributed by atoms with E-state index in [0.29, 0.717) is 25.1 Å². The van der Waals surface area contributed by atoms with Gasteiger partial charge in [0.25, 0.3) is 0 Å². The van der Waals surface area contributed by atoms with E-state index in [1.807, 2.05) is 18.7 Å². The normalized spacial score (nSPS) is 14.4. The van der Waals surface area contributed by atoms with Gasteiger partial charge in [-0.25, -0.2) is 4.79 Å². The van der Waals surface area contributed by atoms with E-state index in [-0.39, 0.29) is 11.9 Å². The minimum atomic E-state index is -0.371. The number of ether oxygens (including phenoxy) is 1. The van der Waals surface area contributed by atoms with Crippen LogP contribution in [0.1, 0.15) is 54.1 Å². The average molecular weight is 383 g/mol. The fourth-order valence-electron chi connectivity index (χ4n) is 3.80. The van der Waals surface area contributed by atoms with Gasteiger partial charge in [0.2, 0.25) is 5.91 Å². The fraction of sp³-hybridized carbons (Fsp3) is 0.500. The lowest BCUT2D eigenvalue weighted by Gasteiger charge is -2.26. The Balaban J connectivity index is 1.81. The minimum absolute atomic E-state index is 0.249. The molecule has 3 rings (SSSR count). The number of nitrogens with zero attached hydrogens (tertiary/aromatic N) is 2. The summed E-state index contributed by atoms with van der Waals surface area (Å²) >= 11 is 0. The molecular weight excluding hydrogens is 354 g/mol. The van der Waals surface area contributed by atoms with Gasteiger partial charge in [0.15, 0.2) is 0 Å². The maximum Gasteiger partial charge on any atom is 0.341 e. The Labute approximate surface area is 166 Å². The molecule has 0 radical (unpaired) electrons. The number of esters is 1. The van der Waals surface area contributed by atoms with Crippen LogP contribution in [0.5, 0.6) is 0 Å². The van der Waals surface area contributed by atoms with Crippen LogP contribution in [-0.4, -0.2) is 48.0 Å². The molecule has 0 aliphatic carbocycles. The van der Waals surface area contributed by atoms with Crippen molar-refractivity contribution in [2.75, 3.05) is 31.6 Å². The van der Waals surface area contributed by atoms with Crippen LogP contribution < -0.4 is 5.32 Å². The van der Waals surface area contributed by atoms with Crippen LogP contribution in [0.2, 0.25) is 0 Å². The number of aryl methyl sites for hydroxylation is 2. The van der Waals surface area contributed by atoms with Crippen molar-refractivity contribution < 1.29 is 14.3 Å². The van der Waals surface area contributed by atoms with Crippen LogP contribution in [0.25, 0.3) is 10.9 Å². The first-order valence-corrected chi connectivity index (χ1v) is 10.1. The Hall–Kier alpha value is -2.63. The molecule has 1 aliphatic rings. The number of amides is 1. The molecule has 2 heterocycles. The van der Waals surface area contributed by atoms with Crippen molar-refractivity contribution >= 4 is 28.5 Å². The molecule has 1 N–H and O–H groups in total. The Morgan fingerprint density at radius 1 is 1.29 bits per heavy atom. The van der Waals surface area contributed by atoms with E-state index in [1.165, 1.54) is 0 Å². The summed E-state index contributed by atoms with van der Waals surface area (Å²) in [5.74, 6) is -0.121. The van der Waals surface area contributed by atoms with Crippen molar-refractivity contribution in [1.82, 2.24) is 9.88 Å². The third-order valence-electron chi connectivity index (χ3n) is 5.13. The highest BCUT2D eigenvalue weighted by atomic mass is 16.5. The highest BCUT2D eigenvalue weighted by Crippen LogP contribution is 2.29. The van der Waals surface area contributed by atoms with E-state index in [1.54, 1.807) is 13.1 Å². The molecule has 150 valence electrons. The number of nitrogens with one attached hydrogen (secondary N) is 1. The quantitative estimate of drug-likeness (QED) is 0.581. The zero-order valence-corrected chi connectivity index (χ0v) is 17.0. The van der Waals surface area contributed by atoms with Crippen LogP contribution in [-0.2, 0) is 9.53 Å². The van der Waals surface area contributed by atoms with E-state index in [2.05, 4.69) is 22.4 Å². The third kappa shape index (κ3) is 4.43. The average Bonchev–Trinajstić information content (AvgIpc) is 2.66. The molecule has 1 fully saturated rings. The van der Waals surface area contributed by atoms with E-state index in [9.17, 15) is 9.59 Å². The van der Waals surface area contributed by atoms with Crippen LogP contribution in [0.4, 0.5) is 5.69 Å². The first kappa shape index (κ1) is 20.1. The van der Waals surface area contributed by atoms with Crippen molar-refractivity contribution in [3.63, 3.8) is 0 Å². The Kier molecular flexibility index (Phi) is 6.49. The van der Waals surface area contributed by atoms with Crippen LogP contribution in [0, 0.1) is 13.8 Å². The molecule has 1 aromatic heterocycles. The number of piperidine rings is 1. The second kappa shape index (κ2) is 9.04. The summed E-state index contributed by atoms with van der Waals surface area (Å²) in [6, 6.07) is 4.14. The summed E-state index contributed by atoms with van der Waals surface area (Å²) in [7, 11) is 0. The molecule has 1 aliphatic heterocycles. The van der Waals surface area contributed by atoms with Crippen molar-refractivity contribution in [3.8, 4) is 0 Å². The number of benzene rings is 1. The Morgan fingerprint density at radius 3 is 2.86 bits per heavy atom. The molecule has 0 unspecified atom stereocenters. The molecular formula is C22H29N3O3. The van der Waals surface area contributed by atoms with E-state index in [4.69, 9.17) is 4.74 Å². The highest BCUT2D eigenvalue weighted by molar-refractivity contribution is 6.05. The molecule has 0 atom stereocenters. The topological polar surface area (TPSA) is 71.5 Å². The van der Waals surface area contributed by atoms with Gasteiger partial charge in [-0.1, -0.05) is 11.6 Å². The second-order valence-electron chi connectivity index (χ2n) is 7.36. The number of aromatic nitrogens is 1. The summed E-state index contributed by atoms with van der Waals surface area (Å²) in [6.45, 7) is 8.43. The third-order valence-corrected chi connectivity index (χ3v) is 5.13. The lowest BCUT2D eigenvalue weighted by atomic mass is 10.0. The number of pyridine rings is 1. The molecule has 6 heteroatoms. The number of rotatable bonds is 7. The van der Waals surface area contributed by atoms with Crippen LogP contribution >= 0.6 is 0 Å². The lowest BCUT2D eigenvalue weighted by Crippen LogP contribution is -2.36. The van der Waals surface area contributed by atoms with Crippen LogP contribution in [0.15, 0.2) is 18.3 Å². The van der Waals surface area contributed by atoms with Gasteiger partial charge in [-0.3, -0.25) is 9.78 Å². The monoisotopic (exact) mass is 383 g/mol. The minimum Gasteiger partial charge on any atom is -0.462 e. The van der Waals surface area contributed by atoms with Gasteiger partial charge >= 0.3 is 5.97 Å². The standard InChI is InChI=1S/C22H29N3O3/c1-4-28-22(27)18-14-24-20-16(3)12-15(2)13-17(20)21(18)23-9-7-11-25-10-6-5-8-19(25)26/h12-14H,4-11H2,1-3H3,(H,23,24). The fourth-order valence-corrected chi connectivity index (χ4v) is 3.80. The lowest BCUT2D eigenvalue weighted by molar-refractivity contribution is -0.133. The van der Waals surface area contributed by atoms with Crippen LogP contribution in [0.3, 0.4) is 0 Å². The molecule has 0 spiro atoms. The van der Waals surface area contributed by atoms with Gasteiger partial charge in [0, 0.05) is 37.6 Å². The van der Waals surface area contributed by atoms with Gasteiger partial charge in [-0.05, 0) is 51.7 Å². The maximum atomic E-state index is 12.4. The Morgan fingerprint density at radius 2 is 2.11 bits per heavy atom. The second-order valence-corrected chi connectivity index (χ2v) is 7.36. The summed E-state index contributed by atoms with van der Waals surface area (Å²) in [6.07, 6.45) is 5.16. The zero-order valence-electron chi connectivity index (χ0n) is 17.0. The summed E-state index contributed by atoms with van der Waals surface area (Å²) in [4.78, 5) is 30.9. The predicted octanol–water partition coefficient (Wildman–Crippen LogP) is 3.84. The number of likely N-dealkylation sites (tertiary alicyclic amines) is 1. The first-order chi connectivity index (χ1) is 13.5. The number of fused-ring (bicyclic) bond motifs is 1. The zero-order chi connectivity index (χ0) is 20.1. The first-order valence-electron chi connectivity index (χ1n) is 10.1. The SMILES string of the molecule is CCOC(=O)c1cnc2c(C)cc(C)cc2c1NCCCN1CCCCC1=O. The number of carbonyl (C=O) groups excluding carboxylic acids is 2. The van der Waals surface area contributed by atoms with Gasteiger partial charge in [-0.2, -0.15) is 0 Å². The number of hydrogen-bond donors (Lipinski definition) is 1. The molecule has 1 aromatic carbocycles. The maximum absolute atomic E-state index is 12.4. The van der Waals surface area contributed by atoms with Gasteiger partial charge in [-0.15, -0.1) is 0 Å². The molecule has 1 saturated heterocycles. The van der Waals surface area contributed by atoms with E-state index in [0.717, 1.165) is 60.1 Å².